The van der Waals surface area contributed by atoms with Gasteiger partial charge in [0.1, 0.15) is 10.7 Å². The quantitative estimate of drug-likeness (QED) is 0.833. The summed E-state index contributed by atoms with van der Waals surface area (Å²) in [6, 6.07) is 14.7. The van der Waals surface area contributed by atoms with Gasteiger partial charge in [-0.15, -0.1) is 0 Å². The SMILES string of the molecule is Cc1cccc(OCC(=O)Nc2ccccc2C(N)=S)c1. The summed E-state index contributed by atoms with van der Waals surface area (Å²) in [7, 11) is 0. The molecular weight excluding hydrogens is 284 g/mol. The Morgan fingerprint density at radius 1 is 1.24 bits per heavy atom. The summed E-state index contributed by atoms with van der Waals surface area (Å²) in [5, 5.41) is 2.75. The Labute approximate surface area is 128 Å². The van der Waals surface area contributed by atoms with Crippen molar-refractivity contribution in [3.8, 4) is 5.75 Å². The fourth-order valence-electron chi connectivity index (χ4n) is 1.85. The van der Waals surface area contributed by atoms with Gasteiger partial charge in [0.05, 0.1) is 5.69 Å². The average molecular weight is 300 g/mol. The van der Waals surface area contributed by atoms with Crippen LogP contribution in [0.25, 0.3) is 0 Å². The second-order valence-electron chi connectivity index (χ2n) is 4.56. The summed E-state index contributed by atoms with van der Waals surface area (Å²) >= 11 is 4.95. The van der Waals surface area contributed by atoms with Gasteiger partial charge in [-0.05, 0) is 36.8 Å². The Hall–Kier alpha value is -2.40. The lowest BCUT2D eigenvalue weighted by Gasteiger charge is -2.11. The van der Waals surface area contributed by atoms with Gasteiger partial charge in [-0.25, -0.2) is 0 Å². The molecule has 4 nitrogen and oxygen atoms in total. The zero-order valence-corrected chi connectivity index (χ0v) is 12.4. The van der Waals surface area contributed by atoms with E-state index >= 15 is 0 Å². The molecule has 0 aliphatic rings. The van der Waals surface area contributed by atoms with Gasteiger partial charge in [0.15, 0.2) is 6.61 Å². The van der Waals surface area contributed by atoms with Crippen molar-refractivity contribution in [3.63, 3.8) is 0 Å². The molecular formula is C16H16N2O2S. The van der Waals surface area contributed by atoms with Crippen LogP contribution in [0.3, 0.4) is 0 Å². The standard InChI is InChI=1S/C16H16N2O2S/c1-11-5-4-6-12(9-11)20-10-15(19)18-14-8-3-2-7-13(14)16(17)21/h2-9H,10H2,1H3,(H2,17,21)(H,18,19). The minimum atomic E-state index is -0.264. The second-order valence-corrected chi connectivity index (χ2v) is 5.00. The summed E-state index contributed by atoms with van der Waals surface area (Å²) < 4.78 is 5.45. The van der Waals surface area contributed by atoms with E-state index in [1.807, 2.05) is 37.3 Å². The molecule has 2 aromatic carbocycles. The number of carbonyl (C=O) groups excluding carboxylic acids is 1. The van der Waals surface area contributed by atoms with Crippen LogP contribution in [0.5, 0.6) is 5.75 Å². The van der Waals surface area contributed by atoms with Crippen molar-refractivity contribution in [2.75, 3.05) is 11.9 Å². The highest BCUT2D eigenvalue weighted by molar-refractivity contribution is 7.80. The number of benzene rings is 2. The zero-order chi connectivity index (χ0) is 15.2. The first-order valence-electron chi connectivity index (χ1n) is 6.44. The van der Waals surface area contributed by atoms with E-state index in [-0.39, 0.29) is 17.5 Å². The first kappa shape index (κ1) is 15.0. The van der Waals surface area contributed by atoms with Crippen LogP contribution in [0.2, 0.25) is 0 Å². The first-order chi connectivity index (χ1) is 10.1. The van der Waals surface area contributed by atoms with Crippen molar-refractivity contribution in [1.29, 1.82) is 0 Å². The highest BCUT2D eigenvalue weighted by Gasteiger charge is 2.08. The van der Waals surface area contributed by atoms with E-state index in [4.69, 9.17) is 22.7 Å². The highest BCUT2D eigenvalue weighted by Crippen LogP contribution is 2.15. The topological polar surface area (TPSA) is 64.3 Å². The van der Waals surface area contributed by atoms with Crippen LogP contribution in [-0.2, 0) is 4.79 Å². The van der Waals surface area contributed by atoms with E-state index in [1.165, 1.54) is 0 Å². The molecule has 0 bridgehead atoms. The van der Waals surface area contributed by atoms with E-state index in [0.717, 1.165) is 5.56 Å². The van der Waals surface area contributed by atoms with Crippen LogP contribution in [0, 0.1) is 6.92 Å². The number of carbonyl (C=O) groups is 1. The maximum Gasteiger partial charge on any atom is 0.262 e. The molecule has 0 aliphatic carbocycles. The smallest absolute Gasteiger partial charge is 0.262 e. The van der Waals surface area contributed by atoms with Crippen LogP contribution in [0.4, 0.5) is 5.69 Å². The highest BCUT2D eigenvalue weighted by atomic mass is 32.1. The van der Waals surface area contributed by atoms with E-state index in [9.17, 15) is 4.79 Å². The molecule has 0 spiro atoms. The summed E-state index contributed by atoms with van der Waals surface area (Å²) in [5.41, 5.74) is 7.92. The number of para-hydroxylation sites is 1. The molecule has 108 valence electrons. The molecule has 0 atom stereocenters. The van der Waals surface area contributed by atoms with E-state index in [0.29, 0.717) is 17.0 Å². The Kier molecular flexibility index (Phi) is 4.90. The second kappa shape index (κ2) is 6.85. The van der Waals surface area contributed by atoms with Gasteiger partial charge in [0.25, 0.3) is 5.91 Å². The summed E-state index contributed by atoms with van der Waals surface area (Å²) in [6.07, 6.45) is 0. The lowest BCUT2D eigenvalue weighted by Crippen LogP contribution is -2.22. The van der Waals surface area contributed by atoms with Crippen molar-refractivity contribution in [1.82, 2.24) is 0 Å². The third-order valence-corrected chi connectivity index (χ3v) is 3.05. The van der Waals surface area contributed by atoms with Crippen molar-refractivity contribution in [2.45, 2.75) is 6.92 Å². The monoisotopic (exact) mass is 300 g/mol. The minimum absolute atomic E-state index is 0.0743. The maximum absolute atomic E-state index is 11.9. The van der Waals surface area contributed by atoms with E-state index < -0.39 is 0 Å². The Morgan fingerprint density at radius 2 is 2.00 bits per heavy atom. The zero-order valence-electron chi connectivity index (χ0n) is 11.6. The van der Waals surface area contributed by atoms with Crippen LogP contribution < -0.4 is 15.8 Å². The van der Waals surface area contributed by atoms with Gasteiger partial charge >= 0.3 is 0 Å². The van der Waals surface area contributed by atoms with Crippen LogP contribution in [-0.4, -0.2) is 17.5 Å². The van der Waals surface area contributed by atoms with Gasteiger partial charge in [-0.2, -0.15) is 0 Å². The molecule has 0 saturated heterocycles. The van der Waals surface area contributed by atoms with Gasteiger partial charge in [-0.3, -0.25) is 4.79 Å². The Bertz CT molecular complexity index is 671. The summed E-state index contributed by atoms with van der Waals surface area (Å²) in [4.78, 5) is 12.2. The summed E-state index contributed by atoms with van der Waals surface area (Å²) in [6.45, 7) is 1.89. The van der Waals surface area contributed by atoms with Gasteiger partial charge < -0.3 is 15.8 Å². The maximum atomic E-state index is 11.9. The summed E-state index contributed by atoms with van der Waals surface area (Å²) in [5.74, 6) is 0.396. The number of ether oxygens (including phenoxy) is 1. The number of nitrogens with one attached hydrogen (secondary N) is 1. The third-order valence-electron chi connectivity index (χ3n) is 2.83. The molecule has 0 aliphatic heterocycles. The minimum Gasteiger partial charge on any atom is -0.484 e. The molecule has 0 unspecified atom stereocenters. The molecule has 5 heteroatoms. The molecule has 0 aromatic heterocycles. The fourth-order valence-corrected chi connectivity index (χ4v) is 2.03. The Balaban J connectivity index is 1.98. The number of nitrogens with two attached hydrogens (primary N) is 1. The van der Waals surface area contributed by atoms with Crippen LogP contribution in [0.15, 0.2) is 48.5 Å². The molecule has 2 aromatic rings. The largest absolute Gasteiger partial charge is 0.484 e. The van der Waals surface area contributed by atoms with Crippen molar-refractivity contribution in [3.05, 3.63) is 59.7 Å². The fraction of sp³-hybridized carbons (Fsp3) is 0.125. The van der Waals surface area contributed by atoms with Gasteiger partial charge in [0, 0.05) is 5.56 Å². The number of hydrogen-bond acceptors (Lipinski definition) is 3. The van der Waals surface area contributed by atoms with E-state index in [2.05, 4.69) is 5.32 Å². The van der Waals surface area contributed by atoms with Gasteiger partial charge in [-0.1, -0.05) is 36.5 Å². The number of thiocarbonyl (C=S) groups is 1. The molecule has 0 radical (unpaired) electrons. The molecule has 2 rings (SSSR count). The number of rotatable bonds is 5. The first-order valence-corrected chi connectivity index (χ1v) is 6.85. The lowest BCUT2D eigenvalue weighted by molar-refractivity contribution is -0.118. The molecule has 3 N–H and O–H groups in total. The molecule has 0 fully saturated rings. The van der Waals surface area contributed by atoms with Crippen LogP contribution >= 0.6 is 12.2 Å². The number of aryl methyl sites for hydroxylation is 1. The predicted octanol–water partition coefficient (Wildman–Crippen LogP) is 2.65. The lowest BCUT2D eigenvalue weighted by atomic mass is 10.2. The van der Waals surface area contributed by atoms with Crippen LogP contribution in [0.1, 0.15) is 11.1 Å². The normalized spacial score (nSPS) is 9.95. The van der Waals surface area contributed by atoms with Gasteiger partial charge in [0.2, 0.25) is 0 Å². The van der Waals surface area contributed by atoms with Crippen molar-refractivity contribution >= 4 is 28.8 Å². The number of hydrogen-bond donors (Lipinski definition) is 2. The number of amides is 1. The molecule has 21 heavy (non-hydrogen) atoms. The molecule has 1 amide bonds. The molecule has 0 saturated carbocycles. The van der Waals surface area contributed by atoms with E-state index in [1.54, 1.807) is 18.2 Å². The predicted molar refractivity (Wildman–Crippen MR) is 87.6 cm³/mol. The Morgan fingerprint density at radius 3 is 2.71 bits per heavy atom. The van der Waals surface area contributed by atoms with Crippen molar-refractivity contribution in [2.24, 2.45) is 5.73 Å². The molecule has 0 heterocycles. The number of anilines is 1. The van der Waals surface area contributed by atoms with Crippen molar-refractivity contribution < 1.29 is 9.53 Å². The average Bonchev–Trinajstić information content (AvgIpc) is 2.45. The third kappa shape index (κ3) is 4.29.